The van der Waals surface area contributed by atoms with E-state index in [1.165, 1.54) is 11.1 Å². The molecule has 1 fully saturated rings. The Balaban J connectivity index is 2.02. The Labute approximate surface area is 133 Å². The van der Waals surface area contributed by atoms with Crippen LogP contribution in [-0.2, 0) is 16.0 Å². The molecule has 0 spiro atoms. The Morgan fingerprint density at radius 1 is 1.36 bits per heavy atom. The first-order valence-corrected chi connectivity index (χ1v) is 8.32. The van der Waals surface area contributed by atoms with Crippen molar-refractivity contribution in [2.45, 2.75) is 45.8 Å². The van der Waals surface area contributed by atoms with Gasteiger partial charge in [0.05, 0.1) is 25.2 Å². The first-order valence-electron chi connectivity index (χ1n) is 8.32. The van der Waals surface area contributed by atoms with E-state index in [9.17, 15) is 4.79 Å². The van der Waals surface area contributed by atoms with E-state index in [1.807, 2.05) is 18.7 Å². The molecule has 1 aromatic carbocycles. The summed E-state index contributed by atoms with van der Waals surface area (Å²) < 4.78 is 5.51. The number of rotatable bonds is 6. The van der Waals surface area contributed by atoms with Gasteiger partial charge in [-0.15, -0.1) is 0 Å². The van der Waals surface area contributed by atoms with Crippen LogP contribution < -0.4 is 5.32 Å². The molecule has 1 N–H and O–H groups in total. The molecule has 2 rings (SSSR count). The van der Waals surface area contributed by atoms with E-state index < -0.39 is 0 Å². The standard InChI is InChI=1S/C18H28N2O2/c1-4-15-5-7-16(8-6-15)17-13-19-10-11-20(17)18(21)9-12-22-14(2)3/h5-8,14,17,19H,4,9-13H2,1-3H3. The molecule has 1 heterocycles. The number of piperazine rings is 1. The smallest absolute Gasteiger partial charge is 0.225 e. The monoisotopic (exact) mass is 304 g/mol. The van der Waals surface area contributed by atoms with Crippen molar-refractivity contribution in [1.82, 2.24) is 10.2 Å². The van der Waals surface area contributed by atoms with Gasteiger partial charge < -0.3 is 15.0 Å². The highest BCUT2D eigenvalue weighted by Crippen LogP contribution is 2.23. The Hall–Kier alpha value is -1.39. The maximum Gasteiger partial charge on any atom is 0.225 e. The van der Waals surface area contributed by atoms with Gasteiger partial charge in [-0.25, -0.2) is 0 Å². The summed E-state index contributed by atoms with van der Waals surface area (Å²) in [5.41, 5.74) is 2.54. The fraction of sp³-hybridized carbons (Fsp3) is 0.611. The molecule has 1 atom stereocenters. The van der Waals surface area contributed by atoms with Crippen molar-refractivity contribution in [3.63, 3.8) is 0 Å². The average Bonchev–Trinajstić information content (AvgIpc) is 2.54. The highest BCUT2D eigenvalue weighted by molar-refractivity contribution is 5.77. The van der Waals surface area contributed by atoms with E-state index in [0.717, 1.165) is 26.1 Å². The summed E-state index contributed by atoms with van der Waals surface area (Å²) in [6, 6.07) is 8.76. The van der Waals surface area contributed by atoms with Crippen molar-refractivity contribution >= 4 is 5.91 Å². The number of hydrogen-bond acceptors (Lipinski definition) is 3. The van der Waals surface area contributed by atoms with Crippen LogP contribution in [-0.4, -0.2) is 43.2 Å². The van der Waals surface area contributed by atoms with Crippen LogP contribution in [0.5, 0.6) is 0 Å². The molecular weight excluding hydrogens is 276 g/mol. The number of nitrogens with one attached hydrogen (secondary N) is 1. The van der Waals surface area contributed by atoms with Crippen molar-refractivity contribution < 1.29 is 9.53 Å². The van der Waals surface area contributed by atoms with Gasteiger partial charge in [0, 0.05) is 19.6 Å². The largest absolute Gasteiger partial charge is 0.378 e. The summed E-state index contributed by atoms with van der Waals surface area (Å²) in [4.78, 5) is 14.5. The zero-order chi connectivity index (χ0) is 15.9. The second-order valence-corrected chi connectivity index (χ2v) is 6.07. The molecule has 0 saturated carbocycles. The highest BCUT2D eigenvalue weighted by Gasteiger charge is 2.27. The molecule has 1 saturated heterocycles. The SMILES string of the molecule is CCc1ccc(C2CNCCN2C(=O)CCOC(C)C)cc1. The van der Waals surface area contributed by atoms with Gasteiger partial charge in [0.1, 0.15) is 0 Å². The minimum Gasteiger partial charge on any atom is -0.378 e. The van der Waals surface area contributed by atoms with Gasteiger partial charge >= 0.3 is 0 Å². The minimum absolute atomic E-state index is 0.131. The van der Waals surface area contributed by atoms with Gasteiger partial charge in [0.25, 0.3) is 0 Å². The summed E-state index contributed by atoms with van der Waals surface area (Å²) in [5.74, 6) is 0.187. The molecule has 1 amide bonds. The lowest BCUT2D eigenvalue weighted by Gasteiger charge is -2.36. The second kappa shape index (κ2) is 8.30. The number of amides is 1. The van der Waals surface area contributed by atoms with Crippen LogP contribution in [0.2, 0.25) is 0 Å². The fourth-order valence-electron chi connectivity index (χ4n) is 2.80. The van der Waals surface area contributed by atoms with Crippen LogP contribution in [0.15, 0.2) is 24.3 Å². The molecule has 1 unspecified atom stereocenters. The number of nitrogens with zero attached hydrogens (tertiary/aromatic N) is 1. The molecule has 0 aromatic heterocycles. The molecular formula is C18H28N2O2. The quantitative estimate of drug-likeness (QED) is 0.878. The third-order valence-corrected chi connectivity index (χ3v) is 4.10. The minimum atomic E-state index is 0.131. The van der Waals surface area contributed by atoms with Crippen molar-refractivity contribution in [1.29, 1.82) is 0 Å². The van der Waals surface area contributed by atoms with Gasteiger partial charge in [-0.05, 0) is 31.4 Å². The topological polar surface area (TPSA) is 41.6 Å². The summed E-state index contributed by atoms with van der Waals surface area (Å²) in [6.45, 7) is 9.09. The number of benzene rings is 1. The van der Waals surface area contributed by atoms with E-state index in [4.69, 9.17) is 4.74 Å². The Kier molecular flexibility index (Phi) is 6.40. The van der Waals surface area contributed by atoms with E-state index in [-0.39, 0.29) is 18.1 Å². The van der Waals surface area contributed by atoms with Gasteiger partial charge in [0.2, 0.25) is 5.91 Å². The average molecular weight is 304 g/mol. The number of hydrogen-bond donors (Lipinski definition) is 1. The molecule has 1 aliphatic rings. The van der Waals surface area contributed by atoms with Gasteiger partial charge in [-0.1, -0.05) is 31.2 Å². The zero-order valence-corrected chi connectivity index (χ0v) is 14.0. The summed E-state index contributed by atoms with van der Waals surface area (Å²) >= 11 is 0. The third-order valence-electron chi connectivity index (χ3n) is 4.10. The molecule has 22 heavy (non-hydrogen) atoms. The predicted molar refractivity (Wildman–Crippen MR) is 88.8 cm³/mol. The molecule has 1 aromatic rings. The lowest BCUT2D eigenvalue weighted by molar-refractivity contribution is -0.136. The summed E-state index contributed by atoms with van der Waals surface area (Å²) in [7, 11) is 0. The molecule has 0 aliphatic carbocycles. The number of ether oxygens (including phenoxy) is 1. The first-order chi connectivity index (χ1) is 10.6. The Morgan fingerprint density at radius 3 is 2.73 bits per heavy atom. The van der Waals surface area contributed by atoms with Crippen LogP contribution in [0, 0.1) is 0 Å². The van der Waals surface area contributed by atoms with Gasteiger partial charge in [-0.2, -0.15) is 0 Å². The van der Waals surface area contributed by atoms with Crippen molar-refractivity contribution in [2.24, 2.45) is 0 Å². The highest BCUT2D eigenvalue weighted by atomic mass is 16.5. The fourth-order valence-corrected chi connectivity index (χ4v) is 2.80. The van der Waals surface area contributed by atoms with Crippen LogP contribution >= 0.6 is 0 Å². The number of aryl methyl sites for hydroxylation is 1. The van der Waals surface area contributed by atoms with Crippen LogP contribution in [0.3, 0.4) is 0 Å². The van der Waals surface area contributed by atoms with Gasteiger partial charge in [0.15, 0.2) is 0 Å². The van der Waals surface area contributed by atoms with E-state index in [1.54, 1.807) is 0 Å². The lowest BCUT2D eigenvalue weighted by atomic mass is 10.0. The zero-order valence-electron chi connectivity index (χ0n) is 14.0. The van der Waals surface area contributed by atoms with Crippen molar-refractivity contribution in [3.8, 4) is 0 Å². The first kappa shape index (κ1) is 17.0. The van der Waals surface area contributed by atoms with Crippen LogP contribution in [0.1, 0.15) is 44.4 Å². The second-order valence-electron chi connectivity index (χ2n) is 6.07. The normalized spacial score (nSPS) is 18.7. The Bertz CT molecular complexity index is 470. The van der Waals surface area contributed by atoms with E-state index >= 15 is 0 Å². The third kappa shape index (κ3) is 4.55. The maximum absolute atomic E-state index is 12.5. The molecule has 1 aliphatic heterocycles. The van der Waals surface area contributed by atoms with E-state index in [0.29, 0.717) is 13.0 Å². The van der Waals surface area contributed by atoms with Crippen LogP contribution in [0.25, 0.3) is 0 Å². The van der Waals surface area contributed by atoms with Crippen molar-refractivity contribution in [3.05, 3.63) is 35.4 Å². The predicted octanol–water partition coefficient (Wildman–Crippen LogP) is 2.54. The molecule has 4 heteroatoms. The number of carbonyl (C=O) groups excluding carboxylic acids is 1. The summed E-state index contributed by atoms with van der Waals surface area (Å²) in [5, 5.41) is 3.40. The van der Waals surface area contributed by atoms with Gasteiger partial charge in [-0.3, -0.25) is 4.79 Å². The van der Waals surface area contributed by atoms with E-state index in [2.05, 4.69) is 36.5 Å². The molecule has 0 radical (unpaired) electrons. The maximum atomic E-state index is 12.5. The molecule has 4 nitrogen and oxygen atoms in total. The Morgan fingerprint density at radius 2 is 2.09 bits per heavy atom. The van der Waals surface area contributed by atoms with Crippen LogP contribution in [0.4, 0.5) is 0 Å². The van der Waals surface area contributed by atoms with Crippen molar-refractivity contribution in [2.75, 3.05) is 26.2 Å². The molecule has 0 bridgehead atoms. The lowest BCUT2D eigenvalue weighted by Crippen LogP contribution is -2.48. The molecule has 122 valence electrons. The summed E-state index contributed by atoms with van der Waals surface area (Å²) in [6.07, 6.45) is 1.67. The number of carbonyl (C=O) groups is 1.